The first-order chi connectivity index (χ1) is 16.4. The highest BCUT2D eigenvalue weighted by atomic mass is 79.9. The lowest BCUT2D eigenvalue weighted by Crippen LogP contribution is -2.13. The molecule has 1 amide bonds. The molecule has 0 spiro atoms. The first kappa shape index (κ1) is 25.2. The number of halogens is 2. The number of benzene rings is 3. The zero-order valence-electron chi connectivity index (χ0n) is 18.6. The van der Waals surface area contributed by atoms with Crippen LogP contribution >= 0.6 is 27.5 Å². The fourth-order valence-electron chi connectivity index (χ4n) is 3.01. The van der Waals surface area contributed by atoms with Gasteiger partial charge in [0, 0.05) is 10.2 Å². The lowest BCUT2D eigenvalue weighted by Gasteiger charge is -2.14. The third-order valence-electron chi connectivity index (χ3n) is 4.65. The number of ether oxygens (including phenoxy) is 3. The van der Waals surface area contributed by atoms with E-state index < -0.39 is 5.91 Å². The van der Waals surface area contributed by atoms with Crippen LogP contribution in [0.5, 0.6) is 17.2 Å². The van der Waals surface area contributed by atoms with Crippen LogP contribution in [0.1, 0.15) is 18.1 Å². The number of amides is 1. The van der Waals surface area contributed by atoms with Gasteiger partial charge in [-0.2, -0.15) is 5.26 Å². The zero-order chi connectivity index (χ0) is 24.5. The molecule has 3 aromatic rings. The summed E-state index contributed by atoms with van der Waals surface area (Å²) in [6, 6.07) is 19.8. The Balaban J connectivity index is 1.77. The summed E-state index contributed by atoms with van der Waals surface area (Å²) in [5, 5.41) is 12.5. The molecule has 0 aliphatic heterocycles. The monoisotopic (exact) mass is 540 g/mol. The van der Waals surface area contributed by atoms with E-state index in [0.717, 1.165) is 10.0 Å². The van der Waals surface area contributed by atoms with Gasteiger partial charge in [0.1, 0.15) is 24.0 Å². The number of nitriles is 1. The van der Waals surface area contributed by atoms with E-state index >= 15 is 0 Å². The molecule has 1 N–H and O–H groups in total. The molecule has 0 unspecified atom stereocenters. The van der Waals surface area contributed by atoms with E-state index in [1.807, 2.05) is 37.3 Å². The van der Waals surface area contributed by atoms with Crippen LogP contribution in [0.3, 0.4) is 0 Å². The van der Waals surface area contributed by atoms with Gasteiger partial charge in [0.25, 0.3) is 5.91 Å². The molecule has 34 heavy (non-hydrogen) atoms. The molecular weight excluding hydrogens is 520 g/mol. The highest BCUT2D eigenvalue weighted by Crippen LogP contribution is 2.37. The predicted molar refractivity (Wildman–Crippen MR) is 136 cm³/mol. The van der Waals surface area contributed by atoms with Gasteiger partial charge in [-0.25, -0.2) is 0 Å². The normalized spacial score (nSPS) is 10.9. The Morgan fingerprint density at radius 2 is 1.82 bits per heavy atom. The SMILES string of the molecule is CCOc1ccc(NC(=O)/C(C#N)=C\c2cc(Cl)c(OCc3ccc(Br)cc3)c(OC)c2)cc1. The minimum Gasteiger partial charge on any atom is -0.494 e. The van der Waals surface area contributed by atoms with E-state index in [1.165, 1.54) is 13.2 Å². The molecule has 0 radical (unpaired) electrons. The van der Waals surface area contributed by atoms with Gasteiger partial charge in [0.05, 0.1) is 18.7 Å². The predicted octanol–water partition coefficient (Wildman–Crippen LogP) is 6.63. The van der Waals surface area contributed by atoms with Gasteiger partial charge < -0.3 is 19.5 Å². The summed E-state index contributed by atoms with van der Waals surface area (Å²) < 4.78 is 17.7. The molecule has 0 aliphatic carbocycles. The average Bonchev–Trinajstić information content (AvgIpc) is 2.84. The molecule has 8 heteroatoms. The van der Waals surface area contributed by atoms with Gasteiger partial charge >= 0.3 is 0 Å². The number of carbonyl (C=O) groups is 1. The third kappa shape index (κ3) is 6.77. The quantitative estimate of drug-likeness (QED) is 0.243. The molecule has 0 fully saturated rings. The number of nitrogens with zero attached hydrogens (tertiary/aromatic N) is 1. The van der Waals surface area contributed by atoms with Crippen molar-refractivity contribution < 1.29 is 19.0 Å². The molecule has 6 nitrogen and oxygen atoms in total. The number of hydrogen-bond acceptors (Lipinski definition) is 5. The van der Waals surface area contributed by atoms with Gasteiger partial charge in [-0.05, 0) is 72.7 Å². The second-order valence-electron chi connectivity index (χ2n) is 7.03. The summed E-state index contributed by atoms with van der Waals surface area (Å²) in [6.45, 7) is 2.74. The smallest absolute Gasteiger partial charge is 0.266 e. The van der Waals surface area contributed by atoms with E-state index in [2.05, 4.69) is 21.2 Å². The fourth-order valence-corrected chi connectivity index (χ4v) is 3.55. The van der Waals surface area contributed by atoms with Crippen molar-refractivity contribution >= 4 is 45.2 Å². The van der Waals surface area contributed by atoms with Gasteiger partial charge in [0.15, 0.2) is 11.5 Å². The van der Waals surface area contributed by atoms with Crippen molar-refractivity contribution in [3.8, 4) is 23.3 Å². The van der Waals surface area contributed by atoms with Crippen LogP contribution in [-0.2, 0) is 11.4 Å². The van der Waals surface area contributed by atoms with E-state index in [4.69, 9.17) is 25.8 Å². The summed E-state index contributed by atoms with van der Waals surface area (Å²) in [5.74, 6) is 0.916. The van der Waals surface area contributed by atoms with E-state index in [1.54, 1.807) is 36.4 Å². The average molecular weight is 542 g/mol. The third-order valence-corrected chi connectivity index (χ3v) is 5.46. The van der Waals surface area contributed by atoms with Crippen LogP contribution in [0.15, 0.2) is 70.7 Å². The van der Waals surface area contributed by atoms with Crippen LogP contribution in [-0.4, -0.2) is 19.6 Å². The van der Waals surface area contributed by atoms with Crippen molar-refractivity contribution in [1.29, 1.82) is 5.26 Å². The van der Waals surface area contributed by atoms with Crippen molar-refractivity contribution in [2.24, 2.45) is 0 Å². The highest BCUT2D eigenvalue weighted by molar-refractivity contribution is 9.10. The van der Waals surface area contributed by atoms with Crippen LogP contribution in [0.2, 0.25) is 5.02 Å². The molecular formula is C26H22BrClN2O4. The van der Waals surface area contributed by atoms with Crippen LogP contribution in [0.4, 0.5) is 5.69 Å². The molecule has 0 saturated carbocycles. The molecule has 0 heterocycles. The molecule has 174 valence electrons. The number of hydrogen-bond donors (Lipinski definition) is 1. The zero-order valence-corrected chi connectivity index (χ0v) is 20.9. The Labute approximate surface area is 211 Å². The summed E-state index contributed by atoms with van der Waals surface area (Å²) in [4.78, 5) is 12.6. The topological polar surface area (TPSA) is 80.6 Å². The lowest BCUT2D eigenvalue weighted by molar-refractivity contribution is -0.112. The molecule has 0 atom stereocenters. The second-order valence-corrected chi connectivity index (χ2v) is 8.35. The standard InChI is InChI=1S/C26H22BrClN2O4/c1-3-33-22-10-8-21(9-11-22)30-26(31)19(15-29)12-18-13-23(28)25(24(14-18)32-2)34-16-17-4-6-20(27)7-5-17/h4-14H,3,16H2,1-2H3,(H,30,31)/b19-12-. The Morgan fingerprint density at radius 3 is 2.44 bits per heavy atom. The van der Waals surface area contributed by atoms with Crippen LogP contribution < -0.4 is 19.5 Å². The van der Waals surface area contributed by atoms with Crippen molar-refractivity contribution in [2.45, 2.75) is 13.5 Å². The Kier molecular flexibility index (Phi) is 8.97. The van der Waals surface area contributed by atoms with Crippen LogP contribution in [0.25, 0.3) is 6.08 Å². The number of methoxy groups -OCH3 is 1. The lowest BCUT2D eigenvalue weighted by atomic mass is 10.1. The van der Waals surface area contributed by atoms with Gasteiger partial charge in [-0.3, -0.25) is 4.79 Å². The van der Waals surface area contributed by atoms with E-state index in [9.17, 15) is 10.1 Å². The molecule has 0 bridgehead atoms. The molecule has 3 aromatic carbocycles. The maximum absolute atomic E-state index is 12.6. The first-order valence-electron chi connectivity index (χ1n) is 10.3. The number of rotatable bonds is 9. The Morgan fingerprint density at radius 1 is 1.12 bits per heavy atom. The maximum Gasteiger partial charge on any atom is 0.266 e. The van der Waals surface area contributed by atoms with Gasteiger partial charge in [0.2, 0.25) is 0 Å². The summed E-state index contributed by atoms with van der Waals surface area (Å²) in [5.41, 5.74) is 1.94. The number of nitrogens with one attached hydrogen (secondary N) is 1. The number of anilines is 1. The van der Waals surface area contributed by atoms with E-state index in [0.29, 0.717) is 46.7 Å². The molecule has 0 saturated heterocycles. The summed E-state index contributed by atoms with van der Waals surface area (Å²) in [7, 11) is 1.50. The first-order valence-corrected chi connectivity index (χ1v) is 11.5. The minimum absolute atomic E-state index is 0.0875. The highest BCUT2D eigenvalue weighted by Gasteiger charge is 2.15. The second kappa shape index (κ2) is 12.1. The van der Waals surface area contributed by atoms with Crippen LogP contribution in [0, 0.1) is 11.3 Å². The van der Waals surface area contributed by atoms with Crippen molar-refractivity contribution in [3.05, 3.63) is 86.9 Å². The maximum atomic E-state index is 12.6. The molecule has 3 rings (SSSR count). The fraction of sp³-hybridized carbons (Fsp3) is 0.154. The Hall–Kier alpha value is -3.47. The Bertz CT molecular complexity index is 1220. The molecule has 0 aliphatic rings. The van der Waals surface area contributed by atoms with Gasteiger partial charge in [-0.1, -0.05) is 39.7 Å². The van der Waals surface area contributed by atoms with Crippen molar-refractivity contribution in [1.82, 2.24) is 0 Å². The molecule has 0 aromatic heterocycles. The summed E-state index contributed by atoms with van der Waals surface area (Å²) >= 11 is 9.85. The minimum atomic E-state index is -0.544. The van der Waals surface area contributed by atoms with Crippen molar-refractivity contribution in [2.75, 3.05) is 19.0 Å². The van der Waals surface area contributed by atoms with Gasteiger partial charge in [-0.15, -0.1) is 0 Å². The number of carbonyl (C=O) groups excluding carboxylic acids is 1. The van der Waals surface area contributed by atoms with Crippen molar-refractivity contribution in [3.63, 3.8) is 0 Å². The largest absolute Gasteiger partial charge is 0.494 e. The summed E-state index contributed by atoms with van der Waals surface area (Å²) in [6.07, 6.45) is 1.44. The van der Waals surface area contributed by atoms with E-state index in [-0.39, 0.29) is 5.57 Å².